The van der Waals surface area contributed by atoms with E-state index in [2.05, 4.69) is 9.80 Å². The number of carbonyl (C=O) groups excluding carboxylic acids is 1. The average Bonchev–Trinajstić information content (AvgIpc) is 2.85. The Morgan fingerprint density at radius 3 is 2.55 bits per heavy atom. The minimum absolute atomic E-state index is 0.129. The van der Waals surface area contributed by atoms with Crippen LogP contribution in [0.5, 0.6) is 0 Å². The number of nitrogens with zero attached hydrogens (tertiary/aromatic N) is 3. The zero-order valence-corrected chi connectivity index (χ0v) is 19.8. The summed E-state index contributed by atoms with van der Waals surface area (Å²) in [4.78, 5) is 23.2. The molecule has 0 bridgehead atoms. The molecule has 1 aromatic carbocycles. The van der Waals surface area contributed by atoms with Gasteiger partial charge in [-0.05, 0) is 82.7 Å². The largest absolute Gasteiger partial charge is 0.335 e. The van der Waals surface area contributed by atoms with Crippen LogP contribution in [-0.4, -0.2) is 46.4 Å². The third kappa shape index (κ3) is 4.84. The Bertz CT molecular complexity index is 983. The standard InChI is InChI=1S/C28H36FN3O/c1-20-12-13-24(28(33)32-16-6-9-21-7-3-5-11-26(21)32)27(30-20)22-14-17-31(18-15-22)19-23-8-2-4-10-25(23)29/h2,4,8,10,12-13,21-22,26H,3,5-7,9,11,14-19H2,1H3. The van der Waals surface area contributed by atoms with Gasteiger partial charge in [-0.2, -0.15) is 0 Å². The van der Waals surface area contributed by atoms with E-state index in [9.17, 15) is 9.18 Å². The van der Waals surface area contributed by atoms with E-state index in [0.717, 1.165) is 67.8 Å². The van der Waals surface area contributed by atoms with Gasteiger partial charge in [0.15, 0.2) is 0 Å². The van der Waals surface area contributed by atoms with Crippen LogP contribution in [0, 0.1) is 18.7 Å². The van der Waals surface area contributed by atoms with Crippen molar-refractivity contribution in [2.75, 3.05) is 19.6 Å². The normalized spacial score (nSPS) is 24.5. The van der Waals surface area contributed by atoms with Crippen LogP contribution in [0.4, 0.5) is 4.39 Å². The molecule has 1 aliphatic carbocycles. The Labute approximate surface area is 197 Å². The molecule has 0 spiro atoms. The summed E-state index contributed by atoms with van der Waals surface area (Å²) in [6.45, 7) is 5.34. The second-order valence-corrected chi connectivity index (χ2v) is 10.3. The van der Waals surface area contributed by atoms with E-state index >= 15 is 0 Å². The molecule has 2 saturated heterocycles. The molecule has 33 heavy (non-hydrogen) atoms. The molecule has 2 unspecified atom stereocenters. The van der Waals surface area contributed by atoms with E-state index in [1.54, 1.807) is 6.07 Å². The molecule has 3 heterocycles. The van der Waals surface area contributed by atoms with E-state index < -0.39 is 0 Å². The smallest absolute Gasteiger partial charge is 0.255 e. The van der Waals surface area contributed by atoms with Gasteiger partial charge in [0.1, 0.15) is 5.82 Å². The van der Waals surface area contributed by atoms with E-state index in [4.69, 9.17) is 4.98 Å². The van der Waals surface area contributed by atoms with E-state index in [1.165, 1.54) is 31.7 Å². The molecule has 3 aliphatic rings. The summed E-state index contributed by atoms with van der Waals surface area (Å²) in [5.41, 5.74) is 3.54. The Hall–Kier alpha value is -2.27. The average molecular weight is 450 g/mol. The van der Waals surface area contributed by atoms with Crippen molar-refractivity contribution >= 4 is 5.91 Å². The summed E-state index contributed by atoms with van der Waals surface area (Å²) in [7, 11) is 0. The second-order valence-electron chi connectivity index (χ2n) is 10.3. The maximum Gasteiger partial charge on any atom is 0.255 e. The fraction of sp³-hybridized carbons (Fsp3) is 0.571. The SMILES string of the molecule is Cc1ccc(C(=O)N2CCCC3CCCCC32)c(C2CCN(Cc3ccccc3F)CC2)n1. The molecule has 2 atom stereocenters. The molecule has 4 nitrogen and oxygen atoms in total. The highest BCUT2D eigenvalue weighted by molar-refractivity contribution is 5.95. The number of hydrogen-bond donors (Lipinski definition) is 0. The molecule has 2 aromatic rings. The van der Waals surface area contributed by atoms with Gasteiger partial charge in [-0.25, -0.2) is 4.39 Å². The van der Waals surface area contributed by atoms with Gasteiger partial charge in [-0.1, -0.05) is 31.0 Å². The highest BCUT2D eigenvalue weighted by Crippen LogP contribution is 2.37. The van der Waals surface area contributed by atoms with E-state index in [1.807, 2.05) is 31.2 Å². The minimum atomic E-state index is -0.129. The fourth-order valence-corrected chi connectivity index (χ4v) is 6.33. The van der Waals surface area contributed by atoms with Crippen LogP contribution in [0.1, 0.15) is 84.6 Å². The molecule has 0 N–H and O–H groups in total. The minimum Gasteiger partial charge on any atom is -0.335 e. The first kappa shape index (κ1) is 22.5. The quantitative estimate of drug-likeness (QED) is 0.600. The lowest BCUT2D eigenvalue weighted by molar-refractivity contribution is 0.0388. The van der Waals surface area contributed by atoms with Gasteiger partial charge in [0.05, 0.1) is 11.3 Å². The number of hydrogen-bond acceptors (Lipinski definition) is 3. The number of amides is 1. The van der Waals surface area contributed by atoms with Gasteiger partial charge in [0, 0.05) is 36.3 Å². The number of rotatable bonds is 4. The maximum atomic E-state index is 14.1. The number of aryl methyl sites for hydroxylation is 1. The van der Waals surface area contributed by atoms with Gasteiger partial charge in [0.2, 0.25) is 0 Å². The molecule has 0 radical (unpaired) electrons. The Morgan fingerprint density at radius 1 is 0.970 bits per heavy atom. The topological polar surface area (TPSA) is 36.4 Å². The molecule has 5 heteroatoms. The number of benzene rings is 1. The zero-order chi connectivity index (χ0) is 22.8. The monoisotopic (exact) mass is 449 g/mol. The van der Waals surface area contributed by atoms with Crippen molar-refractivity contribution in [1.82, 2.24) is 14.8 Å². The number of piperidine rings is 2. The third-order valence-corrected chi connectivity index (χ3v) is 8.12. The highest BCUT2D eigenvalue weighted by Gasteiger charge is 2.37. The molecule has 3 fully saturated rings. The molecule has 176 valence electrons. The summed E-state index contributed by atoms with van der Waals surface area (Å²) in [5, 5.41) is 0. The van der Waals surface area contributed by atoms with Crippen molar-refractivity contribution in [3.63, 3.8) is 0 Å². The maximum absolute atomic E-state index is 14.1. The molecule has 1 saturated carbocycles. The number of carbonyl (C=O) groups is 1. The second kappa shape index (κ2) is 9.92. The van der Waals surface area contributed by atoms with E-state index in [-0.39, 0.29) is 17.6 Å². The summed E-state index contributed by atoms with van der Waals surface area (Å²) >= 11 is 0. The highest BCUT2D eigenvalue weighted by atomic mass is 19.1. The first-order chi connectivity index (χ1) is 16.1. The van der Waals surface area contributed by atoms with Crippen LogP contribution >= 0.6 is 0 Å². The van der Waals surface area contributed by atoms with Gasteiger partial charge in [-0.3, -0.25) is 14.7 Å². The van der Waals surface area contributed by atoms with Crippen LogP contribution in [0.2, 0.25) is 0 Å². The predicted octanol–water partition coefficient (Wildman–Crippen LogP) is 5.70. The lowest BCUT2D eigenvalue weighted by atomic mass is 9.78. The number of halogens is 1. The fourth-order valence-electron chi connectivity index (χ4n) is 6.33. The van der Waals surface area contributed by atoms with Crippen molar-refractivity contribution in [3.8, 4) is 0 Å². The first-order valence-corrected chi connectivity index (χ1v) is 12.8. The number of fused-ring (bicyclic) bond motifs is 1. The van der Waals surface area contributed by atoms with Gasteiger partial charge in [-0.15, -0.1) is 0 Å². The lowest BCUT2D eigenvalue weighted by Crippen LogP contribution is -2.50. The van der Waals surface area contributed by atoms with Crippen LogP contribution in [0.3, 0.4) is 0 Å². The van der Waals surface area contributed by atoms with Gasteiger partial charge >= 0.3 is 0 Å². The molecular formula is C28H36FN3O. The van der Waals surface area contributed by atoms with E-state index in [0.29, 0.717) is 18.5 Å². The molecule has 2 aliphatic heterocycles. The predicted molar refractivity (Wildman–Crippen MR) is 129 cm³/mol. The summed E-state index contributed by atoms with van der Waals surface area (Å²) in [6.07, 6.45) is 9.28. The summed E-state index contributed by atoms with van der Waals surface area (Å²) in [6, 6.07) is 11.5. The number of pyridine rings is 1. The lowest BCUT2D eigenvalue weighted by Gasteiger charge is -2.44. The van der Waals surface area contributed by atoms with Crippen LogP contribution < -0.4 is 0 Å². The molecule has 1 aromatic heterocycles. The van der Waals surface area contributed by atoms with Crippen molar-refractivity contribution < 1.29 is 9.18 Å². The molecule has 1 amide bonds. The van der Waals surface area contributed by atoms with Crippen LogP contribution in [0.15, 0.2) is 36.4 Å². The molecule has 5 rings (SSSR count). The van der Waals surface area contributed by atoms with Crippen molar-refractivity contribution in [2.24, 2.45) is 5.92 Å². The first-order valence-electron chi connectivity index (χ1n) is 12.8. The van der Waals surface area contributed by atoms with Crippen LogP contribution in [0.25, 0.3) is 0 Å². The van der Waals surface area contributed by atoms with Crippen LogP contribution in [-0.2, 0) is 6.54 Å². The van der Waals surface area contributed by atoms with Gasteiger partial charge in [0.25, 0.3) is 5.91 Å². The van der Waals surface area contributed by atoms with Crippen molar-refractivity contribution in [1.29, 1.82) is 0 Å². The van der Waals surface area contributed by atoms with Crippen molar-refractivity contribution in [2.45, 2.75) is 76.8 Å². The van der Waals surface area contributed by atoms with Crippen molar-refractivity contribution in [3.05, 3.63) is 64.7 Å². The summed E-state index contributed by atoms with van der Waals surface area (Å²) < 4.78 is 14.1. The Morgan fingerprint density at radius 2 is 1.73 bits per heavy atom. The summed E-state index contributed by atoms with van der Waals surface area (Å²) in [5.74, 6) is 1.03. The zero-order valence-electron chi connectivity index (χ0n) is 19.8. The molecular weight excluding hydrogens is 413 g/mol. The third-order valence-electron chi connectivity index (χ3n) is 8.12. The number of likely N-dealkylation sites (tertiary alicyclic amines) is 2. The van der Waals surface area contributed by atoms with Gasteiger partial charge < -0.3 is 4.90 Å². The Balaban J connectivity index is 1.31. The Kier molecular flexibility index (Phi) is 6.77. The number of aromatic nitrogens is 1.